The number of aromatic amines is 1. The molecule has 4 aromatic rings. The summed E-state index contributed by atoms with van der Waals surface area (Å²) >= 11 is 0. The maximum Gasteiger partial charge on any atom is 0.322 e. The number of fused-ring (bicyclic) bond motifs is 3. The average molecular weight is 412 g/mol. The lowest BCUT2D eigenvalue weighted by Gasteiger charge is -2.36. The van der Waals surface area contributed by atoms with Gasteiger partial charge in [-0.25, -0.2) is 4.79 Å². The Hall–Kier alpha value is -3.73. The molecule has 3 aromatic carbocycles. The number of aryl methyl sites for hydroxylation is 1. The van der Waals surface area contributed by atoms with Crippen LogP contribution in [0.15, 0.2) is 72.8 Å². The summed E-state index contributed by atoms with van der Waals surface area (Å²) < 4.78 is 5.29. The summed E-state index contributed by atoms with van der Waals surface area (Å²) in [5, 5.41) is 4.29. The fraction of sp³-hybridized carbons (Fsp3) is 0.192. The number of rotatable bonds is 3. The van der Waals surface area contributed by atoms with E-state index in [9.17, 15) is 4.79 Å². The van der Waals surface area contributed by atoms with Crippen LogP contribution in [0.5, 0.6) is 5.75 Å². The van der Waals surface area contributed by atoms with Crippen LogP contribution in [-0.2, 0) is 6.42 Å². The van der Waals surface area contributed by atoms with E-state index in [1.807, 2.05) is 35.2 Å². The van der Waals surface area contributed by atoms with E-state index >= 15 is 0 Å². The van der Waals surface area contributed by atoms with E-state index in [1.54, 1.807) is 7.11 Å². The van der Waals surface area contributed by atoms with Crippen molar-refractivity contribution in [2.45, 2.75) is 19.4 Å². The normalized spacial score (nSPS) is 15.5. The number of H-pyrrole nitrogens is 1. The van der Waals surface area contributed by atoms with Gasteiger partial charge in [0, 0.05) is 34.9 Å². The highest BCUT2D eigenvalue weighted by Gasteiger charge is 2.34. The number of nitrogens with zero attached hydrogens (tertiary/aromatic N) is 1. The lowest BCUT2D eigenvalue weighted by molar-refractivity contribution is 0.193. The van der Waals surface area contributed by atoms with Gasteiger partial charge < -0.3 is 19.9 Å². The second kappa shape index (κ2) is 7.84. The van der Waals surface area contributed by atoms with Gasteiger partial charge in [-0.05, 0) is 42.7 Å². The summed E-state index contributed by atoms with van der Waals surface area (Å²) in [6.07, 6.45) is 0.813. The van der Waals surface area contributed by atoms with Crippen LogP contribution in [0.2, 0.25) is 0 Å². The largest absolute Gasteiger partial charge is 0.497 e. The van der Waals surface area contributed by atoms with E-state index in [-0.39, 0.29) is 12.1 Å². The number of nitrogens with one attached hydrogen (secondary N) is 2. The summed E-state index contributed by atoms with van der Waals surface area (Å²) in [6, 6.07) is 23.9. The van der Waals surface area contributed by atoms with Crippen LogP contribution in [-0.4, -0.2) is 29.6 Å². The Balaban J connectivity index is 1.55. The molecule has 31 heavy (non-hydrogen) atoms. The van der Waals surface area contributed by atoms with Crippen LogP contribution in [0.4, 0.5) is 10.5 Å². The zero-order valence-corrected chi connectivity index (χ0v) is 17.7. The number of urea groups is 1. The summed E-state index contributed by atoms with van der Waals surface area (Å²) in [7, 11) is 1.62. The van der Waals surface area contributed by atoms with Crippen LogP contribution in [0.3, 0.4) is 0 Å². The first kappa shape index (κ1) is 19.2. The third kappa shape index (κ3) is 3.52. The molecule has 2 amide bonds. The standard InChI is InChI=1S/C26H25N3O2/c1-17-10-12-18(13-11-17)25-24-22(21-8-3-4-9-23(21)28-24)14-15-29(25)26(30)27-19-6-5-7-20(16-19)31-2/h3-13,16,25,28H,14-15H2,1-2H3,(H,27,30)/t25-/m1/s1. The van der Waals surface area contributed by atoms with Crippen LogP contribution in [0.1, 0.15) is 28.4 Å². The quantitative estimate of drug-likeness (QED) is 0.457. The van der Waals surface area contributed by atoms with Gasteiger partial charge in [0.25, 0.3) is 0 Å². The van der Waals surface area contributed by atoms with Crippen molar-refractivity contribution in [2.24, 2.45) is 0 Å². The van der Waals surface area contributed by atoms with Crippen molar-refractivity contribution in [3.05, 3.63) is 95.2 Å². The molecular formula is C26H25N3O2. The second-order valence-corrected chi connectivity index (χ2v) is 7.98. The molecular weight excluding hydrogens is 386 g/mol. The Morgan fingerprint density at radius 3 is 2.68 bits per heavy atom. The Morgan fingerprint density at radius 1 is 1.06 bits per heavy atom. The molecule has 0 aliphatic carbocycles. The van der Waals surface area contributed by atoms with Crippen molar-refractivity contribution in [1.29, 1.82) is 0 Å². The van der Waals surface area contributed by atoms with Crippen LogP contribution >= 0.6 is 0 Å². The first-order chi connectivity index (χ1) is 15.1. The minimum absolute atomic E-state index is 0.122. The maximum absolute atomic E-state index is 13.4. The Morgan fingerprint density at radius 2 is 1.87 bits per heavy atom. The van der Waals surface area contributed by atoms with E-state index in [0.717, 1.165) is 28.9 Å². The zero-order chi connectivity index (χ0) is 21.4. The summed E-state index contributed by atoms with van der Waals surface area (Å²) in [5.74, 6) is 0.712. The van der Waals surface area contributed by atoms with Crippen molar-refractivity contribution in [2.75, 3.05) is 19.0 Å². The molecule has 2 N–H and O–H groups in total. The summed E-state index contributed by atoms with van der Waals surface area (Å²) in [4.78, 5) is 18.9. The number of hydrogen-bond donors (Lipinski definition) is 2. The third-order valence-electron chi connectivity index (χ3n) is 6.01. The Labute approximate surface area is 181 Å². The number of benzene rings is 3. The first-order valence-corrected chi connectivity index (χ1v) is 10.5. The molecule has 0 bridgehead atoms. The van der Waals surface area contributed by atoms with Gasteiger partial charge in [0.05, 0.1) is 13.2 Å². The van der Waals surface area contributed by atoms with E-state index in [1.165, 1.54) is 16.5 Å². The van der Waals surface area contributed by atoms with Crippen molar-refractivity contribution >= 4 is 22.6 Å². The molecule has 0 saturated heterocycles. The molecule has 5 rings (SSSR count). The average Bonchev–Trinajstić information content (AvgIpc) is 3.18. The Bertz CT molecular complexity index is 1240. The van der Waals surface area contributed by atoms with Crippen molar-refractivity contribution in [1.82, 2.24) is 9.88 Å². The maximum atomic E-state index is 13.4. The molecule has 1 aromatic heterocycles. The molecule has 0 spiro atoms. The van der Waals surface area contributed by atoms with Gasteiger partial charge >= 0.3 is 6.03 Å². The van der Waals surface area contributed by atoms with Gasteiger partial charge in [-0.1, -0.05) is 54.1 Å². The van der Waals surface area contributed by atoms with E-state index in [2.05, 4.69) is 59.7 Å². The third-order valence-corrected chi connectivity index (χ3v) is 6.01. The van der Waals surface area contributed by atoms with Crippen molar-refractivity contribution in [3.63, 3.8) is 0 Å². The molecule has 156 valence electrons. The van der Waals surface area contributed by atoms with Gasteiger partial charge in [-0.2, -0.15) is 0 Å². The lowest BCUT2D eigenvalue weighted by atomic mass is 9.92. The fourth-order valence-electron chi connectivity index (χ4n) is 4.45. The van der Waals surface area contributed by atoms with E-state index in [0.29, 0.717) is 12.3 Å². The molecule has 5 nitrogen and oxygen atoms in total. The minimum atomic E-state index is -0.178. The van der Waals surface area contributed by atoms with E-state index < -0.39 is 0 Å². The predicted octanol–water partition coefficient (Wildman–Crippen LogP) is 5.66. The second-order valence-electron chi connectivity index (χ2n) is 7.98. The van der Waals surface area contributed by atoms with Gasteiger partial charge in [0.15, 0.2) is 0 Å². The van der Waals surface area contributed by atoms with Gasteiger partial charge in [-0.3, -0.25) is 0 Å². The molecule has 0 radical (unpaired) electrons. The number of methoxy groups -OCH3 is 1. The van der Waals surface area contributed by atoms with Crippen molar-refractivity contribution < 1.29 is 9.53 Å². The molecule has 1 aliphatic heterocycles. The summed E-state index contributed by atoms with van der Waals surface area (Å²) in [5.41, 5.74) is 6.51. The molecule has 1 atom stereocenters. The smallest absolute Gasteiger partial charge is 0.322 e. The van der Waals surface area contributed by atoms with Crippen LogP contribution in [0.25, 0.3) is 10.9 Å². The molecule has 1 aliphatic rings. The number of aromatic nitrogens is 1. The highest BCUT2D eigenvalue weighted by atomic mass is 16.5. The number of amides is 2. The molecule has 0 unspecified atom stereocenters. The van der Waals surface area contributed by atoms with Gasteiger partial charge in [0.1, 0.15) is 5.75 Å². The lowest BCUT2D eigenvalue weighted by Crippen LogP contribution is -2.43. The van der Waals surface area contributed by atoms with Gasteiger partial charge in [-0.15, -0.1) is 0 Å². The SMILES string of the molecule is COc1cccc(NC(=O)N2CCc3c([nH]c4ccccc34)[C@H]2c2ccc(C)cc2)c1. The fourth-order valence-corrected chi connectivity index (χ4v) is 4.45. The number of carbonyl (C=O) groups is 1. The minimum Gasteiger partial charge on any atom is -0.497 e. The predicted molar refractivity (Wildman–Crippen MR) is 124 cm³/mol. The monoisotopic (exact) mass is 411 g/mol. The Kier molecular flexibility index (Phi) is 4.86. The zero-order valence-electron chi connectivity index (χ0n) is 17.7. The number of para-hydroxylation sites is 1. The van der Waals surface area contributed by atoms with Crippen LogP contribution < -0.4 is 10.1 Å². The van der Waals surface area contributed by atoms with Gasteiger partial charge in [0.2, 0.25) is 0 Å². The van der Waals surface area contributed by atoms with E-state index in [4.69, 9.17) is 4.74 Å². The number of ether oxygens (including phenoxy) is 1. The number of anilines is 1. The molecule has 2 heterocycles. The topological polar surface area (TPSA) is 57.4 Å². The number of carbonyl (C=O) groups excluding carboxylic acids is 1. The highest BCUT2D eigenvalue weighted by Crippen LogP contribution is 2.38. The number of hydrogen-bond acceptors (Lipinski definition) is 2. The van der Waals surface area contributed by atoms with Crippen LogP contribution in [0, 0.1) is 6.92 Å². The first-order valence-electron chi connectivity index (χ1n) is 10.5. The van der Waals surface area contributed by atoms with Crippen molar-refractivity contribution in [3.8, 4) is 5.75 Å². The highest BCUT2D eigenvalue weighted by molar-refractivity contribution is 5.91. The summed E-state index contributed by atoms with van der Waals surface area (Å²) in [6.45, 7) is 2.72. The molecule has 5 heteroatoms. The molecule has 0 fully saturated rings. The molecule has 0 saturated carbocycles.